The van der Waals surface area contributed by atoms with Crippen molar-refractivity contribution in [2.24, 2.45) is 0 Å². The number of hydrogen-bond acceptors (Lipinski definition) is 6. The Morgan fingerprint density at radius 1 is 1.54 bits per heavy atom. The third-order valence-corrected chi connectivity index (χ3v) is 4.54. The molecular formula is C15H23N7O2. The fraction of sp³-hybridized carbons (Fsp3) is 0.600. The zero-order chi connectivity index (χ0) is 17.1. The van der Waals surface area contributed by atoms with Gasteiger partial charge >= 0.3 is 0 Å². The topological polar surface area (TPSA) is 122 Å². The minimum Gasteiger partial charge on any atom is -0.369 e. The molecule has 1 fully saturated rings. The lowest BCUT2D eigenvalue weighted by atomic mass is 10.1. The second kappa shape index (κ2) is 7.00. The summed E-state index contributed by atoms with van der Waals surface area (Å²) in [5.41, 5.74) is 5.81. The number of carbonyl (C=O) groups is 1. The zero-order valence-electron chi connectivity index (χ0n) is 13.8. The normalized spacial score (nSPS) is 18.3. The predicted molar refractivity (Wildman–Crippen MR) is 90.5 cm³/mol. The monoisotopic (exact) mass is 333 g/mol. The van der Waals surface area contributed by atoms with E-state index in [0.29, 0.717) is 31.2 Å². The third-order valence-electron chi connectivity index (χ3n) is 4.54. The molecule has 3 rings (SSSR count). The summed E-state index contributed by atoms with van der Waals surface area (Å²) in [7, 11) is 2.13. The zero-order valence-corrected chi connectivity index (χ0v) is 13.8. The van der Waals surface area contributed by atoms with Gasteiger partial charge in [0.15, 0.2) is 11.2 Å². The first-order valence-electron chi connectivity index (χ1n) is 8.22. The summed E-state index contributed by atoms with van der Waals surface area (Å²) in [5.74, 6) is 0.0229. The van der Waals surface area contributed by atoms with Crippen LogP contribution in [-0.4, -0.2) is 56.5 Å². The molecule has 0 radical (unpaired) electrons. The highest BCUT2D eigenvalue weighted by Crippen LogP contribution is 2.17. The van der Waals surface area contributed by atoms with Crippen molar-refractivity contribution in [1.29, 1.82) is 0 Å². The van der Waals surface area contributed by atoms with Crippen molar-refractivity contribution in [2.45, 2.75) is 38.3 Å². The van der Waals surface area contributed by atoms with Crippen LogP contribution in [0.2, 0.25) is 0 Å². The Kier molecular flexibility index (Phi) is 4.79. The number of nitrogen functional groups attached to an aromatic ring is 1. The van der Waals surface area contributed by atoms with Gasteiger partial charge in [0.25, 0.3) is 5.56 Å². The maximum absolute atomic E-state index is 12.0. The second-order valence-corrected chi connectivity index (χ2v) is 6.23. The first kappa shape index (κ1) is 16.4. The number of aromatic nitrogens is 4. The smallest absolute Gasteiger partial charge is 0.280 e. The van der Waals surface area contributed by atoms with Crippen LogP contribution in [0.3, 0.4) is 0 Å². The lowest BCUT2D eigenvalue weighted by Crippen LogP contribution is -2.32. The Morgan fingerprint density at radius 2 is 2.38 bits per heavy atom. The van der Waals surface area contributed by atoms with Gasteiger partial charge in [0.1, 0.15) is 0 Å². The molecule has 4 N–H and O–H groups in total. The number of likely N-dealkylation sites (tertiary alicyclic amines) is 1. The summed E-state index contributed by atoms with van der Waals surface area (Å²) in [6.45, 7) is 2.23. The van der Waals surface area contributed by atoms with Gasteiger partial charge in [0.2, 0.25) is 11.9 Å². The van der Waals surface area contributed by atoms with Crippen LogP contribution >= 0.6 is 0 Å². The van der Waals surface area contributed by atoms with E-state index in [-0.39, 0.29) is 22.9 Å². The molecule has 1 atom stereocenters. The van der Waals surface area contributed by atoms with E-state index in [2.05, 4.69) is 32.2 Å². The van der Waals surface area contributed by atoms with Gasteiger partial charge in [-0.3, -0.25) is 14.6 Å². The average Bonchev–Trinajstić information content (AvgIpc) is 3.12. The van der Waals surface area contributed by atoms with Crippen LogP contribution in [0.5, 0.6) is 0 Å². The van der Waals surface area contributed by atoms with Gasteiger partial charge in [0.05, 0.1) is 6.33 Å². The number of nitrogens with zero attached hydrogens (tertiary/aromatic N) is 4. The second-order valence-electron chi connectivity index (χ2n) is 6.23. The molecule has 0 saturated carbocycles. The van der Waals surface area contributed by atoms with E-state index >= 15 is 0 Å². The molecule has 0 aliphatic carbocycles. The quantitative estimate of drug-likeness (QED) is 0.667. The van der Waals surface area contributed by atoms with E-state index in [9.17, 15) is 9.59 Å². The maximum atomic E-state index is 12.0. The van der Waals surface area contributed by atoms with Crippen LogP contribution in [0.1, 0.15) is 25.7 Å². The number of rotatable bonds is 6. The number of fused-ring (bicyclic) bond motifs is 1. The van der Waals surface area contributed by atoms with Crippen molar-refractivity contribution in [2.75, 3.05) is 25.9 Å². The molecule has 0 spiro atoms. The fourth-order valence-electron chi connectivity index (χ4n) is 3.17. The van der Waals surface area contributed by atoms with Crippen molar-refractivity contribution in [3.05, 3.63) is 16.7 Å². The van der Waals surface area contributed by atoms with E-state index < -0.39 is 0 Å². The number of nitrogens with two attached hydrogens (primary N) is 1. The Labute approximate surface area is 139 Å². The number of nitrogens with one attached hydrogen (secondary N) is 2. The molecule has 9 nitrogen and oxygen atoms in total. The molecule has 1 saturated heterocycles. The Hall–Kier alpha value is -2.42. The van der Waals surface area contributed by atoms with Gasteiger partial charge in [0, 0.05) is 25.6 Å². The molecule has 0 bridgehead atoms. The van der Waals surface area contributed by atoms with Crippen LogP contribution in [0.25, 0.3) is 11.2 Å². The Morgan fingerprint density at radius 3 is 3.12 bits per heavy atom. The summed E-state index contributed by atoms with van der Waals surface area (Å²) >= 11 is 0. The predicted octanol–water partition coefficient (Wildman–Crippen LogP) is -0.308. The first-order valence-corrected chi connectivity index (χ1v) is 8.22. The Balaban J connectivity index is 1.50. The molecule has 24 heavy (non-hydrogen) atoms. The van der Waals surface area contributed by atoms with E-state index in [1.54, 1.807) is 4.57 Å². The third kappa shape index (κ3) is 3.56. The molecule has 2 aromatic heterocycles. The van der Waals surface area contributed by atoms with Crippen LogP contribution in [-0.2, 0) is 11.3 Å². The summed E-state index contributed by atoms with van der Waals surface area (Å²) in [5, 5.41) is 2.95. The number of H-pyrrole nitrogens is 1. The molecule has 2 aromatic rings. The van der Waals surface area contributed by atoms with Crippen molar-refractivity contribution >= 4 is 23.0 Å². The Bertz CT molecular complexity index is 782. The number of anilines is 1. The van der Waals surface area contributed by atoms with Crippen LogP contribution in [0, 0.1) is 0 Å². The summed E-state index contributed by atoms with van der Waals surface area (Å²) < 4.78 is 1.67. The van der Waals surface area contributed by atoms with Crippen molar-refractivity contribution in [3.63, 3.8) is 0 Å². The number of amides is 1. The van der Waals surface area contributed by atoms with E-state index in [0.717, 1.165) is 13.0 Å². The molecule has 1 aliphatic heterocycles. The van der Waals surface area contributed by atoms with Gasteiger partial charge in [-0.05, 0) is 32.9 Å². The van der Waals surface area contributed by atoms with Gasteiger partial charge in [-0.25, -0.2) is 4.98 Å². The minimum atomic E-state index is -0.374. The van der Waals surface area contributed by atoms with Crippen molar-refractivity contribution < 1.29 is 4.79 Å². The van der Waals surface area contributed by atoms with Crippen molar-refractivity contribution in [3.8, 4) is 0 Å². The largest absolute Gasteiger partial charge is 0.369 e. The standard InChI is InChI=1S/C15H23N7O2/c1-21-7-2-3-10(21)4-6-17-11(23)5-8-22-9-18-12-13(22)19-15(16)20-14(12)24/h9-10H,2-8H2,1H3,(H,17,23)(H3,16,19,20,24). The SMILES string of the molecule is CN1CCCC1CCNC(=O)CCn1cnc2c(=O)[nH]c(N)nc21. The highest BCUT2D eigenvalue weighted by atomic mass is 16.1. The molecule has 1 aliphatic rings. The molecule has 130 valence electrons. The lowest BCUT2D eigenvalue weighted by Gasteiger charge is -2.19. The molecule has 0 aromatic carbocycles. The minimum absolute atomic E-state index is 0.0182. The summed E-state index contributed by atoms with van der Waals surface area (Å²) in [6.07, 6.45) is 5.23. The molecule has 3 heterocycles. The van der Waals surface area contributed by atoms with Crippen LogP contribution in [0.4, 0.5) is 5.95 Å². The number of carbonyl (C=O) groups excluding carboxylic acids is 1. The van der Waals surface area contributed by atoms with Crippen LogP contribution in [0.15, 0.2) is 11.1 Å². The van der Waals surface area contributed by atoms with Crippen molar-refractivity contribution in [1.82, 2.24) is 29.7 Å². The van der Waals surface area contributed by atoms with Gasteiger partial charge < -0.3 is 20.5 Å². The number of aryl methyl sites for hydroxylation is 1. The molecular weight excluding hydrogens is 310 g/mol. The molecule has 9 heteroatoms. The molecule has 1 unspecified atom stereocenters. The molecule has 1 amide bonds. The number of imidazole rings is 1. The summed E-state index contributed by atoms with van der Waals surface area (Å²) in [6, 6.07) is 0.571. The highest BCUT2D eigenvalue weighted by Gasteiger charge is 2.20. The van der Waals surface area contributed by atoms with E-state index in [4.69, 9.17) is 5.73 Å². The lowest BCUT2D eigenvalue weighted by molar-refractivity contribution is -0.121. The highest BCUT2D eigenvalue weighted by molar-refractivity contribution is 5.76. The van der Waals surface area contributed by atoms with Gasteiger partial charge in [-0.15, -0.1) is 0 Å². The number of hydrogen-bond donors (Lipinski definition) is 3. The van der Waals surface area contributed by atoms with E-state index in [1.165, 1.54) is 19.2 Å². The van der Waals surface area contributed by atoms with E-state index in [1.807, 2.05) is 0 Å². The first-order chi connectivity index (χ1) is 11.5. The fourth-order valence-corrected chi connectivity index (χ4v) is 3.17. The average molecular weight is 333 g/mol. The van der Waals surface area contributed by atoms with Gasteiger partial charge in [-0.1, -0.05) is 0 Å². The van der Waals surface area contributed by atoms with Crippen LogP contribution < -0.4 is 16.6 Å². The maximum Gasteiger partial charge on any atom is 0.280 e. The van der Waals surface area contributed by atoms with Gasteiger partial charge in [-0.2, -0.15) is 4.98 Å². The summed E-state index contributed by atoms with van der Waals surface area (Å²) in [4.78, 5) is 36.6. The number of aromatic amines is 1.